The Morgan fingerprint density at radius 2 is 2.00 bits per heavy atom. The van der Waals surface area contributed by atoms with E-state index in [1.54, 1.807) is 0 Å². The quantitative estimate of drug-likeness (QED) is 0.681. The van der Waals surface area contributed by atoms with Gasteiger partial charge in [-0.2, -0.15) is 0 Å². The van der Waals surface area contributed by atoms with Crippen LogP contribution in [0.3, 0.4) is 0 Å². The molecule has 0 bridgehead atoms. The van der Waals surface area contributed by atoms with Gasteiger partial charge in [0.1, 0.15) is 0 Å². The average molecular weight is 163 g/mol. The van der Waals surface area contributed by atoms with E-state index in [9.17, 15) is 4.79 Å². The van der Waals surface area contributed by atoms with E-state index in [0.29, 0.717) is 6.42 Å². The van der Waals surface area contributed by atoms with Crippen molar-refractivity contribution in [3.8, 4) is 0 Å². The Labute approximate surface area is 72.6 Å². The summed E-state index contributed by atoms with van der Waals surface area (Å²) in [6, 6.07) is 9.37. The van der Waals surface area contributed by atoms with Crippen molar-refractivity contribution >= 4 is 5.78 Å². The Kier molecular flexibility index (Phi) is 3.48. The van der Waals surface area contributed by atoms with Crippen LogP contribution in [0.25, 0.3) is 0 Å². The highest BCUT2D eigenvalue weighted by atomic mass is 16.1. The van der Waals surface area contributed by atoms with Crippen LogP contribution in [0, 0.1) is 0 Å². The van der Waals surface area contributed by atoms with Crippen LogP contribution in [0.4, 0.5) is 0 Å². The molecule has 12 heavy (non-hydrogen) atoms. The van der Waals surface area contributed by atoms with Crippen LogP contribution < -0.4 is 5.32 Å². The topological polar surface area (TPSA) is 29.1 Å². The van der Waals surface area contributed by atoms with Crippen LogP contribution in [0.5, 0.6) is 0 Å². The summed E-state index contributed by atoms with van der Waals surface area (Å²) in [6.45, 7) is 0.744. The molecule has 0 saturated heterocycles. The van der Waals surface area contributed by atoms with Crippen LogP contribution in [-0.2, 0) is 0 Å². The molecule has 0 spiro atoms. The van der Waals surface area contributed by atoms with Gasteiger partial charge in [-0.3, -0.25) is 4.79 Å². The zero-order valence-corrected chi connectivity index (χ0v) is 7.21. The molecule has 0 saturated carbocycles. The molecule has 0 unspecified atom stereocenters. The maximum absolute atomic E-state index is 11.4. The van der Waals surface area contributed by atoms with E-state index in [4.69, 9.17) is 0 Å². The predicted molar refractivity (Wildman–Crippen MR) is 49.3 cm³/mol. The van der Waals surface area contributed by atoms with Gasteiger partial charge in [-0.1, -0.05) is 30.3 Å². The van der Waals surface area contributed by atoms with Gasteiger partial charge in [0, 0.05) is 18.5 Å². The lowest BCUT2D eigenvalue weighted by Gasteiger charge is -1.98. The third-order valence-electron chi connectivity index (χ3n) is 1.70. The zero-order valence-electron chi connectivity index (χ0n) is 7.21. The van der Waals surface area contributed by atoms with E-state index < -0.39 is 0 Å². The molecule has 0 amide bonds. The fourth-order valence-electron chi connectivity index (χ4n) is 1.01. The van der Waals surface area contributed by atoms with Crippen molar-refractivity contribution in [1.29, 1.82) is 0 Å². The van der Waals surface area contributed by atoms with Gasteiger partial charge in [0.25, 0.3) is 0 Å². The van der Waals surface area contributed by atoms with Gasteiger partial charge in [0.05, 0.1) is 0 Å². The summed E-state index contributed by atoms with van der Waals surface area (Å²) in [5.74, 6) is 0.199. The Hall–Kier alpha value is -1.15. The highest BCUT2D eigenvalue weighted by Crippen LogP contribution is 2.01. The number of Topliss-reactive ketones (excluding diaryl/α,β-unsaturated/α-hetero) is 1. The SMILES string of the molecule is CNCCC(=O)c1ccccc1. The minimum atomic E-state index is 0.199. The van der Waals surface area contributed by atoms with Gasteiger partial charge in [0.2, 0.25) is 0 Å². The van der Waals surface area contributed by atoms with Crippen LogP contribution in [-0.4, -0.2) is 19.4 Å². The van der Waals surface area contributed by atoms with Crippen molar-refractivity contribution in [3.63, 3.8) is 0 Å². The molecule has 1 aromatic rings. The molecule has 1 aromatic carbocycles. The van der Waals surface area contributed by atoms with Gasteiger partial charge in [-0.15, -0.1) is 0 Å². The van der Waals surface area contributed by atoms with E-state index in [2.05, 4.69) is 5.32 Å². The first-order valence-corrected chi connectivity index (χ1v) is 4.07. The van der Waals surface area contributed by atoms with Crippen LogP contribution >= 0.6 is 0 Å². The Morgan fingerprint density at radius 1 is 1.33 bits per heavy atom. The molecular formula is C10H13NO. The molecule has 0 atom stereocenters. The molecule has 2 nitrogen and oxygen atoms in total. The monoisotopic (exact) mass is 163 g/mol. The third-order valence-corrected chi connectivity index (χ3v) is 1.70. The number of rotatable bonds is 4. The number of benzene rings is 1. The molecule has 0 aliphatic rings. The van der Waals surface area contributed by atoms with Crippen LogP contribution in [0.2, 0.25) is 0 Å². The number of carbonyl (C=O) groups is 1. The molecule has 0 aromatic heterocycles. The highest BCUT2D eigenvalue weighted by Gasteiger charge is 2.02. The Morgan fingerprint density at radius 3 is 2.58 bits per heavy atom. The first-order chi connectivity index (χ1) is 5.84. The highest BCUT2D eigenvalue weighted by molar-refractivity contribution is 5.96. The Bertz CT molecular complexity index is 243. The fourth-order valence-corrected chi connectivity index (χ4v) is 1.01. The second-order valence-electron chi connectivity index (χ2n) is 2.64. The molecule has 0 heterocycles. The second-order valence-corrected chi connectivity index (χ2v) is 2.64. The molecule has 1 N–H and O–H groups in total. The zero-order chi connectivity index (χ0) is 8.81. The first kappa shape index (κ1) is 8.94. The van der Waals surface area contributed by atoms with Crippen molar-refractivity contribution in [2.24, 2.45) is 0 Å². The molecule has 2 heteroatoms. The number of hydrogen-bond acceptors (Lipinski definition) is 2. The van der Waals surface area contributed by atoms with Gasteiger partial charge >= 0.3 is 0 Å². The molecule has 0 fully saturated rings. The largest absolute Gasteiger partial charge is 0.319 e. The number of ketones is 1. The summed E-state index contributed by atoms with van der Waals surface area (Å²) in [6.07, 6.45) is 0.570. The molecule has 0 aliphatic heterocycles. The lowest BCUT2D eigenvalue weighted by molar-refractivity contribution is 0.0983. The summed E-state index contributed by atoms with van der Waals surface area (Å²) in [5, 5.41) is 2.95. The molecule has 0 aliphatic carbocycles. The van der Waals surface area contributed by atoms with Gasteiger partial charge in [0.15, 0.2) is 5.78 Å². The number of hydrogen-bond donors (Lipinski definition) is 1. The van der Waals surface area contributed by atoms with Crippen LogP contribution in [0.15, 0.2) is 30.3 Å². The number of carbonyl (C=O) groups excluding carboxylic acids is 1. The van der Waals surface area contributed by atoms with E-state index in [1.165, 1.54) is 0 Å². The molecule has 1 rings (SSSR count). The van der Waals surface area contributed by atoms with E-state index in [-0.39, 0.29) is 5.78 Å². The normalized spacial score (nSPS) is 9.75. The first-order valence-electron chi connectivity index (χ1n) is 4.07. The minimum Gasteiger partial charge on any atom is -0.319 e. The van der Waals surface area contributed by atoms with Crippen molar-refractivity contribution in [2.45, 2.75) is 6.42 Å². The third kappa shape index (κ3) is 2.47. The minimum absolute atomic E-state index is 0.199. The molecular weight excluding hydrogens is 150 g/mol. The fraction of sp³-hybridized carbons (Fsp3) is 0.300. The summed E-state index contributed by atoms with van der Waals surface area (Å²) in [7, 11) is 1.85. The van der Waals surface area contributed by atoms with Crippen LogP contribution in [0.1, 0.15) is 16.8 Å². The van der Waals surface area contributed by atoms with E-state index in [1.807, 2.05) is 37.4 Å². The van der Waals surface area contributed by atoms with Crippen molar-refractivity contribution in [2.75, 3.05) is 13.6 Å². The number of nitrogens with one attached hydrogen (secondary N) is 1. The predicted octanol–water partition coefficient (Wildman–Crippen LogP) is 1.48. The van der Waals surface area contributed by atoms with Crippen molar-refractivity contribution in [3.05, 3.63) is 35.9 Å². The van der Waals surface area contributed by atoms with Crippen molar-refractivity contribution < 1.29 is 4.79 Å². The Balaban J connectivity index is 2.54. The summed E-state index contributed by atoms with van der Waals surface area (Å²) in [4.78, 5) is 11.4. The second kappa shape index (κ2) is 4.67. The molecule has 0 radical (unpaired) electrons. The van der Waals surface area contributed by atoms with E-state index >= 15 is 0 Å². The maximum Gasteiger partial charge on any atom is 0.164 e. The standard InChI is InChI=1S/C10H13NO/c1-11-8-7-10(12)9-5-3-2-4-6-9/h2-6,11H,7-8H2,1H3. The van der Waals surface area contributed by atoms with Crippen molar-refractivity contribution in [1.82, 2.24) is 5.32 Å². The average Bonchev–Trinajstić information content (AvgIpc) is 2.15. The summed E-state index contributed by atoms with van der Waals surface area (Å²) in [5.41, 5.74) is 0.799. The maximum atomic E-state index is 11.4. The smallest absolute Gasteiger partial charge is 0.164 e. The lowest BCUT2D eigenvalue weighted by atomic mass is 10.1. The van der Waals surface area contributed by atoms with Gasteiger partial charge in [-0.05, 0) is 7.05 Å². The van der Waals surface area contributed by atoms with Gasteiger partial charge < -0.3 is 5.32 Å². The summed E-state index contributed by atoms with van der Waals surface area (Å²) >= 11 is 0. The molecule has 64 valence electrons. The lowest BCUT2D eigenvalue weighted by Crippen LogP contribution is -2.12. The van der Waals surface area contributed by atoms with E-state index in [0.717, 1.165) is 12.1 Å². The summed E-state index contributed by atoms with van der Waals surface area (Å²) < 4.78 is 0. The van der Waals surface area contributed by atoms with Gasteiger partial charge in [-0.25, -0.2) is 0 Å².